The van der Waals surface area contributed by atoms with Crippen LogP contribution in [0.5, 0.6) is 0 Å². The Morgan fingerprint density at radius 1 is 1.26 bits per heavy atom. The largest absolute Gasteiger partial charge is 0.378 e. The second-order valence-electron chi connectivity index (χ2n) is 5.53. The molecule has 1 aromatic rings. The minimum atomic E-state index is 0. The molecule has 1 saturated heterocycles. The maximum Gasteiger partial charge on any atom is 0.194 e. The predicted molar refractivity (Wildman–Crippen MR) is 110 cm³/mol. The average molecular weight is 451 g/mol. The summed E-state index contributed by atoms with van der Waals surface area (Å²) >= 11 is 1.87. The van der Waals surface area contributed by atoms with E-state index in [0.29, 0.717) is 6.10 Å². The van der Waals surface area contributed by atoms with Gasteiger partial charge in [-0.3, -0.25) is 0 Å². The van der Waals surface area contributed by atoms with Crippen molar-refractivity contribution in [2.24, 2.45) is 4.99 Å². The van der Waals surface area contributed by atoms with E-state index in [1.165, 1.54) is 9.75 Å². The van der Waals surface area contributed by atoms with Crippen LogP contribution in [0.2, 0.25) is 0 Å². The van der Waals surface area contributed by atoms with Gasteiger partial charge in [0, 0.05) is 36.0 Å². The highest BCUT2D eigenvalue weighted by atomic mass is 127. The predicted octanol–water partition coefficient (Wildman–Crippen LogP) is 3.89. The number of aryl methyl sites for hydroxylation is 1. The third-order valence-corrected chi connectivity index (χ3v) is 5.14. The van der Waals surface area contributed by atoms with Gasteiger partial charge in [-0.05, 0) is 45.2 Å². The summed E-state index contributed by atoms with van der Waals surface area (Å²) in [5, 5.41) is 3.43. The van der Waals surface area contributed by atoms with Crippen molar-refractivity contribution in [2.75, 3.05) is 26.2 Å². The molecule has 23 heavy (non-hydrogen) atoms. The fourth-order valence-corrected chi connectivity index (χ4v) is 3.63. The Bertz CT molecular complexity index is 470. The van der Waals surface area contributed by atoms with Crippen LogP contribution in [0.1, 0.15) is 43.4 Å². The van der Waals surface area contributed by atoms with Gasteiger partial charge in [-0.1, -0.05) is 6.92 Å². The molecule has 132 valence electrons. The molecular weight excluding hydrogens is 421 g/mol. The lowest BCUT2D eigenvalue weighted by Crippen LogP contribution is -2.47. The molecule has 6 heteroatoms. The first-order chi connectivity index (χ1) is 10.8. The van der Waals surface area contributed by atoms with Crippen LogP contribution in [-0.4, -0.2) is 43.2 Å². The Labute approximate surface area is 161 Å². The number of aliphatic imine (C=N–C) groups is 1. The van der Waals surface area contributed by atoms with Crippen molar-refractivity contribution in [3.05, 3.63) is 21.9 Å². The highest BCUT2D eigenvalue weighted by Crippen LogP contribution is 2.18. The fourth-order valence-electron chi connectivity index (χ4n) is 2.75. The van der Waals surface area contributed by atoms with Crippen LogP contribution < -0.4 is 5.32 Å². The molecule has 0 amide bonds. The SMILES string of the molecule is CCNC(=NCc1ccc(CC)s1)N1CCC(OCC)CC1.I. The molecule has 1 fully saturated rings. The second kappa shape index (κ2) is 11.3. The fraction of sp³-hybridized carbons (Fsp3) is 0.706. The summed E-state index contributed by atoms with van der Waals surface area (Å²) in [4.78, 5) is 9.98. The van der Waals surface area contributed by atoms with E-state index in [9.17, 15) is 0 Å². The van der Waals surface area contributed by atoms with E-state index in [2.05, 4.69) is 43.1 Å². The van der Waals surface area contributed by atoms with Gasteiger partial charge in [0.15, 0.2) is 5.96 Å². The summed E-state index contributed by atoms with van der Waals surface area (Å²) in [6.07, 6.45) is 3.72. The Hall–Kier alpha value is -0.340. The summed E-state index contributed by atoms with van der Waals surface area (Å²) in [5.41, 5.74) is 0. The van der Waals surface area contributed by atoms with E-state index in [1.807, 2.05) is 11.3 Å². The third kappa shape index (κ3) is 6.58. The molecule has 1 aliphatic heterocycles. The lowest BCUT2D eigenvalue weighted by molar-refractivity contribution is 0.0263. The molecule has 1 aromatic heterocycles. The zero-order valence-corrected chi connectivity index (χ0v) is 17.7. The molecule has 2 heterocycles. The minimum Gasteiger partial charge on any atom is -0.378 e. The van der Waals surface area contributed by atoms with Crippen LogP contribution in [0.25, 0.3) is 0 Å². The van der Waals surface area contributed by atoms with E-state index < -0.39 is 0 Å². The number of nitrogens with one attached hydrogen (secondary N) is 1. The van der Waals surface area contributed by atoms with Crippen molar-refractivity contribution in [3.63, 3.8) is 0 Å². The van der Waals surface area contributed by atoms with E-state index >= 15 is 0 Å². The van der Waals surface area contributed by atoms with Crippen LogP contribution in [0.4, 0.5) is 0 Å². The number of ether oxygens (including phenoxy) is 1. The number of rotatable bonds is 6. The number of halogens is 1. The van der Waals surface area contributed by atoms with Gasteiger partial charge in [-0.25, -0.2) is 4.99 Å². The summed E-state index contributed by atoms with van der Waals surface area (Å²) < 4.78 is 5.73. The quantitative estimate of drug-likeness (QED) is 0.405. The average Bonchev–Trinajstić information content (AvgIpc) is 3.01. The molecule has 0 aliphatic carbocycles. The number of thiophene rings is 1. The van der Waals surface area contributed by atoms with Crippen LogP contribution >= 0.6 is 35.3 Å². The number of hydrogen-bond donors (Lipinski definition) is 1. The molecule has 0 aromatic carbocycles. The monoisotopic (exact) mass is 451 g/mol. The highest BCUT2D eigenvalue weighted by molar-refractivity contribution is 14.0. The molecule has 4 nitrogen and oxygen atoms in total. The molecule has 1 aliphatic rings. The van der Waals surface area contributed by atoms with Crippen LogP contribution in [-0.2, 0) is 17.7 Å². The number of guanidine groups is 1. The summed E-state index contributed by atoms with van der Waals surface area (Å²) in [6, 6.07) is 4.42. The standard InChI is InChI=1S/C17H29N3OS.HI/c1-4-15-7-8-16(22-15)13-19-17(18-5-2)20-11-9-14(10-12-20)21-6-3;/h7-8,14H,4-6,9-13H2,1-3H3,(H,18,19);1H. The van der Waals surface area contributed by atoms with Crippen molar-refractivity contribution in [3.8, 4) is 0 Å². The lowest BCUT2D eigenvalue weighted by atomic mass is 10.1. The van der Waals surface area contributed by atoms with Crippen molar-refractivity contribution in [1.82, 2.24) is 10.2 Å². The molecule has 0 atom stereocenters. The molecule has 0 bridgehead atoms. The maximum atomic E-state index is 5.73. The smallest absolute Gasteiger partial charge is 0.194 e. The Morgan fingerprint density at radius 2 is 1.96 bits per heavy atom. The summed E-state index contributed by atoms with van der Waals surface area (Å²) in [7, 11) is 0. The second-order valence-corrected chi connectivity index (χ2v) is 6.79. The number of likely N-dealkylation sites (tertiary alicyclic amines) is 1. The Kier molecular flexibility index (Phi) is 10.1. The normalized spacial score (nSPS) is 16.3. The molecule has 0 radical (unpaired) electrons. The molecule has 0 unspecified atom stereocenters. The van der Waals surface area contributed by atoms with E-state index in [4.69, 9.17) is 9.73 Å². The highest BCUT2D eigenvalue weighted by Gasteiger charge is 2.21. The Balaban J connectivity index is 0.00000264. The lowest BCUT2D eigenvalue weighted by Gasteiger charge is -2.34. The van der Waals surface area contributed by atoms with Gasteiger partial charge in [-0.15, -0.1) is 35.3 Å². The van der Waals surface area contributed by atoms with Crippen LogP contribution in [0.15, 0.2) is 17.1 Å². The molecule has 0 spiro atoms. The van der Waals surface area contributed by atoms with Crippen molar-refractivity contribution in [2.45, 2.75) is 52.7 Å². The number of piperidine rings is 1. The van der Waals surface area contributed by atoms with Crippen LogP contribution in [0.3, 0.4) is 0 Å². The first kappa shape index (κ1) is 20.7. The molecular formula is C17H30IN3OS. The third-order valence-electron chi connectivity index (χ3n) is 3.93. The number of nitrogens with zero attached hydrogens (tertiary/aromatic N) is 2. The van der Waals surface area contributed by atoms with E-state index in [-0.39, 0.29) is 24.0 Å². The zero-order chi connectivity index (χ0) is 15.8. The van der Waals surface area contributed by atoms with E-state index in [1.54, 1.807) is 0 Å². The Morgan fingerprint density at radius 3 is 2.52 bits per heavy atom. The summed E-state index contributed by atoms with van der Waals surface area (Å²) in [5.74, 6) is 1.05. The first-order valence-electron chi connectivity index (χ1n) is 8.49. The van der Waals surface area contributed by atoms with E-state index in [0.717, 1.165) is 58.0 Å². The van der Waals surface area contributed by atoms with Crippen LogP contribution in [0, 0.1) is 0 Å². The summed E-state index contributed by atoms with van der Waals surface area (Å²) in [6.45, 7) is 11.0. The van der Waals surface area contributed by atoms with Crippen molar-refractivity contribution >= 4 is 41.3 Å². The molecule has 1 N–H and O–H groups in total. The van der Waals surface area contributed by atoms with Gasteiger partial charge in [0.05, 0.1) is 12.6 Å². The minimum absolute atomic E-state index is 0. The maximum absolute atomic E-state index is 5.73. The van der Waals surface area contributed by atoms with Gasteiger partial charge < -0.3 is 15.0 Å². The van der Waals surface area contributed by atoms with Gasteiger partial charge in [0.25, 0.3) is 0 Å². The van der Waals surface area contributed by atoms with Gasteiger partial charge in [0.1, 0.15) is 0 Å². The van der Waals surface area contributed by atoms with Gasteiger partial charge in [0.2, 0.25) is 0 Å². The molecule has 0 saturated carbocycles. The van der Waals surface area contributed by atoms with Gasteiger partial charge in [-0.2, -0.15) is 0 Å². The number of hydrogen-bond acceptors (Lipinski definition) is 3. The topological polar surface area (TPSA) is 36.9 Å². The van der Waals surface area contributed by atoms with Gasteiger partial charge >= 0.3 is 0 Å². The van der Waals surface area contributed by atoms with Crippen molar-refractivity contribution in [1.29, 1.82) is 0 Å². The molecule has 2 rings (SSSR count). The van der Waals surface area contributed by atoms with Crippen molar-refractivity contribution < 1.29 is 4.74 Å². The first-order valence-corrected chi connectivity index (χ1v) is 9.30. The zero-order valence-electron chi connectivity index (χ0n) is 14.5.